The van der Waals surface area contributed by atoms with Crippen LogP contribution in [-0.4, -0.2) is 32.0 Å². The molecule has 0 N–H and O–H groups in total. The SMILES string of the molecule is CC1(C)c2ccccc2Oc2c(cccc2[Si](c2ccccc2)(c2ccccc2)c2ccnc(-n3c4ccccc4n4c5ccccc5nc34)n2)C1(C)C. The first-order valence-corrected chi connectivity index (χ1v) is 20.5. The monoisotopic (exact) mass is 717 g/mol. The van der Waals surface area contributed by atoms with Crippen LogP contribution in [0.5, 0.6) is 11.5 Å². The van der Waals surface area contributed by atoms with Gasteiger partial charge in [0.25, 0.3) is 0 Å². The first-order chi connectivity index (χ1) is 26.3. The molecular weight excluding hydrogens is 679 g/mol. The highest BCUT2D eigenvalue weighted by Crippen LogP contribution is 2.52. The largest absolute Gasteiger partial charge is 0.457 e. The van der Waals surface area contributed by atoms with Crippen LogP contribution in [0.3, 0.4) is 0 Å². The van der Waals surface area contributed by atoms with Crippen LogP contribution in [-0.2, 0) is 10.8 Å². The van der Waals surface area contributed by atoms with Crippen LogP contribution in [0.2, 0.25) is 0 Å². The van der Waals surface area contributed by atoms with Crippen molar-refractivity contribution in [2.45, 2.75) is 38.5 Å². The molecular formula is C47H39N5OSi. The molecule has 0 spiro atoms. The van der Waals surface area contributed by atoms with Gasteiger partial charge >= 0.3 is 0 Å². The van der Waals surface area contributed by atoms with Gasteiger partial charge in [0.1, 0.15) is 11.5 Å². The predicted molar refractivity (Wildman–Crippen MR) is 221 cm³/mol. The molecule has 1 aliphatic heterocycles. The molecule has 0 atom stereocenters. The second kappa shape index (κ2) is 11.8. The summed E-state index contributed by atoms with van der Waals surface area (Å²) >= 11 is 0. The Bertz CT molecular complexity index is 2830. The lowest BCUT2D eigenvalue weighted by molar-refractivity contribution is 0.306. The van der Waals surface area contributed by atoms with Crippen LogP contribution in [0.1, 0.15) is 38.8 Å². The number of ether oxygens (including phenoxy) is 1. The zero-order valence-electron chi connectivity index (χ0n) is 30.7. The van der Waals surface area contributed by atoms with Gasteiger partial charge < -0.3 is 4.74 Å². The lowest BCUT2D eigenvalue weighted by Gasteiger charge is -2.42. The highest BCUT2D eigenvalue weighted by atomic mass is 28.3. The Hall–Kier alpha value is -6.31. The van der Waals surface area contributed by atoms with Gasteiger partial charge in [0.05, 0.1) is 22.1 Å². The minimum absolute atomic E-state index is 0.228. The maximum atomic E-state index is 7.30. The fourth-order valence-corrected chi connectivity index (χ4v) is 13.5. The molecule has 3 aromatic heterocycles. The van der Waals surface area contributed by atoms with Crippen molar-refractivity contribution in [2.24, 2.45) is 0 Å². The summed E-state index contributed by atoms with van der Waals surface area (Å²) in [6, 6.07) is 55.9. The fourth-order valence-electron chi connectivity index (χ4n) is 8.79. The number of rotatable bonds is 5. The second-order valence-electron chi connectivity index (χ2n) is 15.3. The van der Waals surface area contributed by atoms with E-state index in [0.29, 0.717) is 5.95 Å². The third-order valence-electron chi connectivity index (χ3n) is 12.2. The topological polar surface area (TPSA) is 57.2 Å². The molecule has 54 heavy (non-hydrogen) atoms. The van der Waals surface area contributed by atoms with Gasteiger partial charge in [-0.2, -0.15) is 0 Å². The van der Waals surface area contributed by atoms with Crippen molar-refractivity contribution in [2.75, 3.05) is 0 Å². The summed E-state index contributed by atoms with van der Waals surface area (Å²) in [7, 11) is -3.26. The van der Waals surface area contributed by atoms with Crippen molar-refractivity contribution in [1.29, 1.82) is 0 Å². The first-order valence-electron chi connectivity index (χ1n) is 18.5. The Balaban J connectivity index is 1.32. The quantitative estimate of drug-likeness (QED) is 0.134. The third-order valence-corrected chi connectivity index (χ3v) is 16.8. The minimum Gasteiger partial charge on any atom is -0.457 e. The van der Waals surface area contributed by atoms with Crippen LogP contribution in [0.25, 0.3) is 33.8 Å². The fraction of sp³-hybridized carbons (Fsp3) is 0.128. The van der Waals surface area contributed by atoms with E-state index in [4.69, 9.17) is 19.7 Å². The molecule has 7 heteroatoms. The zero-order chi connectivity index (χ0) is 36.7. The van der Waals surface area contributed by atoms with Crippen molar-refractivity contribution in [1.82, 2.24) is 23.9 Å². The van der Waals surface area contributed by atoms with Crippen molar-refractivity contribution in [3.63, 3.8) is 0 Å². The molecule has 0 radical (unpaired) electrons. The summed E-state index contributed by atoms with van der Waals surface area (Å²) in [6.45, 7) is 9.39. The molecule has 9 aromatic rings. The molecule has 4 heterocycles. The molecule has 1 aliphatic rings. The smallest absolute Gasteiger partial charge is 0.236 e. The van der Waals surface area contributed by atoms with Crippen molar-refractivity contribution < 1.29 is 4.74 Å². The standard InChI is InChI=1S/C47H39N5OSi/c1-46(2)34-22-11-16-28-40(34)53-43-35(47(46,3)4)23-17-29-41(43)54(32-18-7-5-8-19-32,33-20-9-6-10-21-33)42-30-31-48-44(50-42)52-39-27-15-14-26-38(39)51-37-25-13-12-24-36(37)49-45(51)52/h5-31H,1-4H3. The molecule has 0 fully saturated rings. The summed E-state index contributed by atoms with van der Waals surface area (Å²) in [4.78, 5) is 15.8. The third kappa shape index (κ3) is 4.42. The number of nitrogens with zero attached hydrogens (tertiary/aromatic N) is 5. The van der Waals surface area contributed by atoms with Crippen LogP contribution < -0.4 is 25.6 Å². The van der Waals surface area contributed by atoms with E-state index in [2.05, 4.69) is 188 Å². The average Bonchev–Trinajstić information content (AvgIpc) is 3.72. The lowest BCUT2D eigenvalue weighted by Crippen LogP contribution is -2.75. The van der Waals surface area contributed by atoms with E-state index in [9.17, 15) is 0 Å². The number of fused-ring (bicyclic) bond motifs is 7. The Morgan fingerprint density at radius 2 is 1.13 bits per heavy atom. The molecule has 0 unspecified atom stereocenters. The Morgan fingerprint density at radius 3 is 1.87 bits per heavy atom. The van der Waals surface area contributed by atoms with E-state index in [1.54, 1.807) is 0 Å². The second-order valence-corrected chi connectivity index (χ2v) is 19.0. The molecule has 0 amide bonds. The molecule has 6 aromatic carbocycles. The molecule has 0 saturated heterocycles. The van der Waals surface area contributed by atoms with E-state index in [1.807, 2.05) is 12.3 Å². The number of para-hydroxylation sites is 6. The van der Waals surface area contributed by atoms with E-state index in [1.165, 1.54) is 21.5 Å². The minimum atomic E-state index is -3.26. The van der Waals surface area contributed by atoms with Gasteiger partial charge in [-0.1, -0.05) is 149 Å². The Morgan fingerprint density at radius 1 is 0.537 bits per heavy atom. The lowest BCUT2D eigenvalue weighted by atomic mass is 9.61. The van der Waals surface area contributed by atoms with Crippen LogP contribution >= 0.6 is 0 Å². The number of benzene rings is 6. The van der Waals surface area contributed by atoms with Gasteiger partial charge in [-0.25, -0.2) is 19.5 Å². The van der Waals surface area contributed by atoms with E-state index in [-0.39, 0.29) is 10.8 Å². The van der Waals surface area contributed by atoms with Gasteiger partial charge in [0.2, 0.25) is 19.8 Å². The first kappa shape index (κ1) is 32.3. The number of hydrogen-bond donors (Lipinski definition) is 0. The Kier molecular flexibility index (Phi) is 7.10. The summed E-state index contributed by atoms with van der Waals surface area (Å²) in [5.74, 6) is 3.15. The summed E-state index contributed by atoms with van der Waals surface area (Å²) < 4.78 is 11.6. The van der Waals surface area contributed by atoms with E-state index in [0.717, 1.165) is 49.8 Å². The van der Waals surface area contributed by atoms with E-state index < -0.39 is 8.07 Å². The average molecular weight is 718 g/mol. The van der Waals surface area contributed by atoms with Gasteiger partial charge in [-0.3, -0.25) is 4.40 Å². The van der Waals surface area contributed by atoms with Crippen LogP contribution in [0.15, 0.2) is 164 Å². The molecule has 10 rings (SSSR count). The van der Waals surface area contributed by atoms with E-state index >= 15 is 0 Å². The molecule has 262 valence electrons. The van der Waals surface area contributed by atoms with Crippen molar-refractivity contribution >= 4 is 56.8 Å². The summed E-state index contributed by atoms with van der Waals surface area (Å²) in [5.41, 5.74) is 5.88. The zero-order valence-corrected chi connectivity index (χ0v) is 31.7. The van der Waals surface area contributed by atoms with Gasteiger partial charge in [0, 0.05) is 33.5 Å². The highest BCUT2D eigenvalue weighted by Gasteiger charge is 2.50. The number of imidazole rings is 2. The predicted octanol–water partition coefficient (Wildman–Crippen LogP) is 7.96. The number of hydrogen-bond acceptors (Lipinski definition) is 4. The normalized spacial score (nSPS) is 14.7. The summed E-state index contributed by atoms with van der Waals surface area (Å²) in [6.07, 6.45) is 1.92. The molecule has 0 saturated carbocycles. The number of aromatic nitrogens is 5. The molecule has 0 bridgehead atoms. The van der Waals surface area contributed by atoms with Crippen molar-refractivity contribution in [3.05, 3.63) is 175 Å². The Labute approximate surface area is 315 Å². The van der Waals surface area contributed by atoms with Crippen LogP contribution in [0.4, 0.5) is 0 Å². The molecule has 6 nitrogen and oxygen atoms in total. The van der Waals surface area contributed by atoms with Gasteiger partial charge in [0.15, 0.2) is 0 Å². The maximum absolute atomic E-state index is 7.30. The van der Waals surface area contributed by atoms with Crippen LogP contribution in [0, 0.1) is 0 Å². The summed E-state index contributed by atoms with van der Waals surface area (Å²) in [5, 5.41) is 4.53. The highest BCUT2D eigenvalue weighted by molar-refractivity contribution is 7.19. The van der Waals surface area contributed by atoms with Gasteiger partial charge in [-0.15, -0.1) is 0 Å². The maximum Gasteiger partial charge on any atom is 0.236 e. The van der Waals surface area contributed by atoms with Crippen molar-refractivity contribution in [3.8, 4) is 17.4 Å². The van der Waals surface area contributed by atoms with Gasteiger partial charge in [-0.05, 0) is 52.0 Å². The molecule has 0 aliphatic carbocycles.